The fourth-order valence-corrected chi connectivity index (χ4v) is 0.770. The first-order valence-electron chi connectivity index (χ1n) is 5.80. The molecule has 0 saturated carbocycles. The molecule has 2 aromatic carbocycles. The van der Waals surface area contributed by atoms with Gasteiger partial charge in [-0.15, -0.1) is 11.6 Å². The molecule has 126 valence electrons. The topological polar surface area (TPSA) is 129 Å². The highest BCUT2D eigenvalue weighted by molar-refractivity contribution is 6.15. The van der Waals surface area contributed by atoms with Gasteiger partial charge in [-0.2, -0.15) is 0 Å². The van der Waals surface area contributed by atoms with Gasteiger partial charge in [0.2, 0.25) is 12.2 Å². The van der Waals surface area contributed by atoms with E-state index in [-0.39, 0.29) is 0 Å². The Hall–Kier alpha value is -3.53. The van der Waals surface area contributed by atoms with Crippen LogP contribution in [0.3, 0.4) is 0 Å². The number of carbonyl (C=O) groups excluding carboxylic acids is 2. The van der Waals surface area contributed by atoms with E-state index < -0.39 is 0 Å². The number of benzene rings is 2. The molecule has 6 nitrogen and oxygen atoms in total. The third-order valence-corrected chi connectivity index (χ3v) is 1.33. The summed E-state index contributed by atoms with van der Waals surface area (Å²) in [6.45, 7) is 7.00. The summed E-state index contributed by atoms with van der Waals surface area (Å²) in [5, 5.41) is 23.8. The third kappa shape index (κ3) is 78.6. The Bertz CT molecular complexity index is 402. The van der Waals surface area contributed by atoms with Crippen LogP contribution in [-0.2, 0) is 9.59 Å². The first-order chi connectivity index (χ1) is 11.8. The van der Waals surface area contributed by atoms with Crippen LogP contribution >= 0.6 is 11.6 Å². The lowest BCUT2D eigenvalue weighted by atomic mass is 10.4. The van der Waals surface area contributed by atoms with Crippen molar-refractivity contribution >= 4 is 23.8 Å². The first-order valence-corrected chi connectivity index (χ1v) is 6.56. The maximum Gasteiger partial charge on any atom is 0.231 e. The minimum absolute atomic E-state index is 0.750. The van der Waals surface area contributed by atoms with E-state index in [4.69, 9.17) is 30.9 Å². The van der Waals surface area contributed by atoms with Gasteiger partial charge >= 0.3 is 0 Å². The number of hydrogen-bond acceptors (Lipinski definition) is 6. The average Bonchev–Trinajstić information content (AvgIpc) is 2.71. The van der Waals surface area contributed by atoms with Gasteiger partial charge in [-0.25, -0.2) is 30.9 Å². The highest BCUT2D eigenvalue weighted by Gasteiger charge is 1.58. The molecular formula is C17H19ClN4O2. The third-order valence-electron chi connectivity index (χ3n) is 1.33. The van der Waals surface area contributed by atoms with E-state index >= 15 is 0 Å². The average molecular weight is 347 g/mol. The highest BCUT2D eigenvalue weighted by Crippen LogP contribution is 1.80. The molecule has 0 aliphatic carbocycles. The molecule has 2 N–H and O–H groups in total. The number of isocyanates is 2. The number of nitrogens with one attached hydrogen (secondary N) is 2. The standard InChI is InChI=1S/2C6H6.CH3Cl.2CHNO.2CHN/c2*1-2-4-6-5-3-1;1-2;2*2-1-3;2*1-2/h2*1-6H;1H3;2*2H;2*1H. The number of hydrogen-bond donors (Lipinski definition) is 2. The molecule has 0 heterocycles. The van der Waals surface area contributed by atoms with Crippen LogP contribution in [0.2, 0.25) is 0 Å². The van der Waals surface area contributed by atoms with Crippen LogP contribution in [0.25, 0.3) is 0 Å². The van der Waals surface area contributed by atoms with Gasteiger partial charge in [-0.3, -0.25) is 0 Å². The zero-order chi connectivity index (χ0) is 19.9. The molecule has 0 radical (unpaired) electrons. The second kappa shape index (κ2) is 60.6. The molecule has 24 heavy (non-hydrogen) atoms. The fraction of sp³-hybridized carbons (Fsp3) is 0.0588. The summed E-state index contributed by atoms with van der Waals surface area (Å²) in [5.41, 5.74) is 0. The summed E-state index contributed by atoms with van der Waals surface area (Å²) in [4.78, 5) is 16.7. The molecule has 2 rings (SSSR count). The van der Waals surface area contributed by atoms with Gasteiger partial charge < -0.3 is 0 Å². The fourth-order valence-electron chi connectivity index (χ4n) is 0.770. The summed E-state index contributed by atoms with van der Waals surface area (Å²) in [7, 11) is 0. The second-order valence-electron chi connectivity index (χ2n) is 2.51. The SMILES string of the molecule is C#N.C#N.CCl.N=C=O.N=C=O.c1ccccc1.c1ccccc1. The van der Waals surface area contributed by atoms with Crippen molar-refractivity contribution < 1.29 is 9.59 Å². The van der Waals surface area contributed by atoms with Gasteiger partial charge in [0.15, 0.2) is 0 Å². The molecule has 0 amide bonds. The van der Waals surface area contributed by atoms with Gasteiger partial charge in [0.1, 0.15) is 0 Å². The summed E-state index contributed by atoms with van der Waals surface area (Å²) >= 11 is 4.64. The molecule has 0 atom stereocenters. The molecule has 0 saturated heterocycles. The van der Waals surface area contributed by atoms with Crippen LogP contribution in [-0.4, -0.2) is 18.5 Å². The molecule has 0 aliphatic rings. The van der Waals surface area contributed by atoms with E-state index in [1.165, 1.54) is 6.38 Å². The minimum atomic E-state index is 0.750. The van der Waals surface area contributed by atoms with Crippen LogP contribution in [0.5, 0.6) is 0 Å². The van der Waals surface area contributed by atoms with Gasteiger partial charge in [-0.1, -0.05) is 72.8 Å². The maximum absolute atomic E-state index is 8.35. The number of alkyl halides is 1. The zero-order valence-electron chi connectivity index (χ0n) is 13.2. The molecule has 7 heteroatoms. The van der Waals surface area contributed by atoms with Crippen molar-refractivity contribution in [3.8, 4) is 13.1 Å². The van der Waals surface area contributed by atoms with E-state index in [0.29, 0.717) is 0 Å². The maximum atomic E-state index is 8.35. The number of nitriles is 2. The van der Waals surface area contributed by atoms with E-state index in [9.17, 15) is 0 Å². The van der Waals surface area contributed by atoms with Crippen LogP contribution < -0.4 is 0 Å². The van der Waals surface area contributed by atoms with E-state index in [2.05, 4.69) is 24.7 Å². The normalized spacial score (nSPS) is 5.08. The molecule has 0 fully saturated rings. The van der Waals surface area contributed by atoms with Gasteiger partial charge in [0.05, 0.1) is 0 Å². The Morgan fingerprint density at radius 1 is 0.583 bits per heavy atom. The van der Waals surface area contributed by atoms with E-state index in [1.807, 2.05) is 72.8 Å². The van der Waals surface area contributed by atoms with Crippen LogP contribution in [0, 0.1) is 34.5 Å². The van der Waals surface area contributed by atoms with Crippen molar-refractivity contribution in [2.75, 3.05) is 6.38 Å². The predicted molar refractivity (Wildman–Crippen MR) is 94.8 cm³/mol. The Kier molecular flexibility index (Phi) is 81.9. The van der Waals surface area contributed by atoms with Crippen molar-refractivity contribution in [2.24, 2.45) is 0 Å². The van der Waals surface area contributed by atoms with Gasteiger partial charge in [-0.05, 0) is 0 Å². The Morgan fingerprint density at radius 3 is 0.667 bits per heavy atom. The van der Waals surface area contributed by atoms with Crippen molar-refractivity contribution in [2.45, 2.75) is 0 Å². The van der Waals surface area contributed by atoms with Crippen molar-refractivity contribution in [3.05, 3.63) is 72.8 Å². The number of halogens is 1. The molecule has 0 aromatic heterocycles. The monoisotopic (exact) mass is 346 g/mol. The second-order valence-corrected chi connectivity index (χ2v) is 2.51. The number of rotatable bonds is 0. The molecule has 2 aromatic rings. The smallest absolute Gasteiger partial charge is 0.222 e. The Labute approximate surface area is 147 Å². The lowest BCUT2D eigenvalue weighted by Crippen LogP contribution is -1.47. The van der Waals surface area contributed by atoms with Crippen LogP contribution in [0.1, 0.15) is 0 Å². The summed E-state index contributed by atoms with van der Waals surface area (Å²) in [5.74, 6) is 0. The Balaban J connectivity index is -0.0000000629. The lowest BCUT2D eigenvalue weighted by Gasteiger charge is -1.69. The molecule has 0 aliphatic heterocycles. The largest absolute Gasteiger partial charge is 0.231 e. The minimum Gasteiger partial charge on any atom is -0.222 e. The van der Waals surface area contributed by atoms with Crippen molar-refractivity contribution in [3.63, 3.8) is 0 Å². The summed E-state index contributed by atoms with van der Waals surface area (Å²) in [6.07, 6.45) is 2.97. The van der Waals surface area contributed by atoms with E-state index in [0.717, 1.165) is 12.2 Å². The first kappa shape index (κ1) is 32.4. The zero-order valence-corrected chi connectivity index (χ0v) is 13.9. The quantitative estimate of drug-likeness (QED) is 0.418. The predicted octanol–water partition coefficient (Wildman–Crippen LogP) is 4.31. The van der Waals surface area contributed by atoms with Crippen LogP contribution in [0.15, 0.2) is 72.8 Å². The molecule has 0 bridgehead atoms. The number of nitrogens with zero attached hydrogens (tertiary/aromatic N) is 2. The van der Waals surface area contributed by atoms with Gasteiger partial charge in [0.25, 0.3) is 0 Å². The van der Waals surface area contributed by atoms with Crippen LogP contribution in [0.4, 0.5) is 0 Å². The molecular weight excluding hydrogens is 328 g/mol. The molecule has 0 unspecified atom stereocenters. The molecule has 0 spiro atoms. The van der Waals surface area contributed by atoms with Crippen molar-refractivity contribution in [1.82, 2.24) is 0 Å². The lowest BCUT2D eigenvalue weighted by molar-refractivity contribution is 0.562. The van der Waals surface area contributed by atoms with Gasteiger partial charge in [0, 0.05) is 19.5 Å². The Morgan fingerprint density at radius 2 is 0.625 bits per heavy atom. The highest BCUT2D eigenvalue weighted by atomic mass is 35.5. The van der Waals surface area contributed by atoms with Crippen molar-refractivity contribution in [1.29, 1.82) is 21.3 Å². The summed E-state index contributed by atoms with van der Waals surface area (Å²) in [6, 6.07) is 24.0. The van der Waals surface area contributed by atoms with E-state index in [1.54, 1.807) is 0 Å². The summed E-state index contributed by atoms with van der Waals surface area (Å²) < 4.78 is 0.